The van der Waals surface area contributed by atoms with Crippen LogP contribution in [0.1, 0.15) is 62.0 Å². The number of nitrogens with two attached hydrogens (primary N) is 1. The Kier molecular flexibility index (Phi) is 7.26. The zero-order valence-electron chi connectivity index (χ0n) is 18.5. The van der Waals surface area contributed by atoms with E-state index in [4.69, 9.17) is 17.3 Å². The van der Waals surface area contributed by atoms with Crippen LogP contribution in [0, 0.1) is 11.3 Å². The minimum atomic E-state index is -0.353. The van der Waals surface area contributed by atoms with Gasteiger partial charge in [0, 0.05) is 23.2 Å². The third-order valence-corrected chi connectivity index (χ3v) is 6.43. The molecule has 3 rings (SSSR count). The fraction of sp³-hybridized carbons (Fsp3) is 0.440. The molecule has 1 heterocycles. The summed E-state index contributed by atoms with van der Waals surface area (Å²) in [6.45, 7) is 7.08. The minimum Gasteiger partial charge on any atom is -0.351 e. The van der Waals surface area contributed by atoms with Crippen molar-refractivity contribution in [3.8, 4) is 0 Å². The third kappa shape index (κ3) is 6.01. The summed E-state index contributed by atoms with van der Waals surface area (Å²) in [5, 5.41) is 3.82. The number of nitrogens with one attached hydrogen (secondary N) is 1. The molecule has 0 radical (unpaired) electrons. The second-order valence-corrected chi connectivity index (χ2v) is 9.92. The van der Waals surface area contributed by atoms with Crippen LogP contribution in [0.2, 0.25) is 5.02 Å². The maximum Gasteiger partial charge on any atom is 0.315 e. The molecule has 1 aliphatic heterocycles. The Morgan fingerprint density at radius 2 is 1.77 bits per heavy atom. The molecule has 0 bridgehead atoms. The van der Waals surface area contributed by atoms with E-state index in [1.165, 1.54) is 0 Å². The number of amides is 3. The van der Waals surface area contributed by atoms with Gasteiger partial charge in [-0.1, -0.05) is 62.7 Å². The molecular weight excluding hydrogens is 410 g/mol. The fourth-order valence-corrected chi connectivity index (χ4v) is 4.60. The highest BCUT2D eigenvalue weighted by molar-refractivity contribution is 6.30. The van der Waals surface area contributed by atoms with Gasteiger partial charge >= 0.3 is 6.03 Å². The SMILES string of the molecule is CC(C)(C)C1CC(CC(NC(=O)c2ccc(Cl)cc2)c2ccccc2)CCN1C(N)=O. The number of nitrogens with zero attached hydrogens (tertiary/aromatic N) is 1. The highest BCUT2D eigenvalue weighted by atomic mass is 35.5. The molecule has 166 valence electrons. The van der Waals surface area contributed by atoms with Crippen LogP contribution in [0.5, 0.6) is 0 Å². The van der Waals surface area contributed by atoms with Gasteiger partial charge in [-0.25, -0.2) is 4.79 Å². The number of hydrogen-bond acceptors (Lipinski definition) is 2. The summed E-state index contributed by atoms with van der Waals surface area (Å²) in [6.07, 6.45) is 2.55. The molecule has 31 heavy (non-hydrogen) atoms. The lowest BCUT2D eigenvalue weighted by Crippen LogP contribution is -2.54. The fourth-order valence-electron chi connectivity index (χ4n) is 4.48. The normalized spacial score (nSPS) is 20.2. The van der Waals surface area contributed by atoms with Crippen molar-refractivity contribution in [1.82, 2.24) is 10.2 Å². The van der Waals surface area contributed by atoms with Crippen LogP contribution in [0.3, 0.4) is 0 Å². The van der Waals surface area contributed by atoms with Gasteiger partial charge in [0.05, 0.1) is 6.04 Å². The molecule has 2 aromatic rings. The maximum atomic E-state index is 12.9. The average Bonchev–Trinajstić information content (AvgIpc) is 2.73. The van der Waals surface area contributed by atoms with Gasteiger partial charge in [0.1, 0.15) is 0 Å². The van der Waals surface area contributed by atoms with Crippen LogP contribution in [0.4, 0.5) is 4.79 Å². The number of rotatable bonds is 5. The minimum absolute atomic E-state index is 0.0670. The molecule has 1 aliphatic rings. The summed E-state index contributed by atoms with van der Waals surface area (Å²) >= 11 is 5.96. The average molecular weight is 442 g/mol. The van der Waals surface area contributed by atoms with Crippen molar-refractivity contribution in [3.63, 3.8) is 0 Å². The van der Waals surface area contributed by atoms with Gasteiger partial charge in [0.25, 0.3) is 5.91 Å². The number of hydrogen-bond donors (Lipinski definition) is 2. The summed E-state index contributed by atoms with van der Waals surface area (Å²) in [6, 6.07) is 16.6. The van der Waals surface area contributed by atoms with Crippen molar-refractivity contribution in [2.45, 2.75) is 52.1 Å². The molecule has 5 nitrogen and oxygen atoms in total. The van der Waals surface area contributed by atoms with E-state index in [0.29, 0.717) is 23.0 Å². The number of carbonyl (C=O) groups excluding carboxylic acids is 2. The summed E-state index contributed by atoms with van der Waals surface area (Å²) in [5.41, 5.74) is 7.25. The highest BCUT2D eigenvalue weighted by Crippen LogP contribution is 2.38. The summed E-state index contributed by atoms with van der Waals surface area (Å²) < 4.78 is 0. The second-order valence-electron chi connectivity index (χ2n) is 9.48. The van der Waals surface area contributed by atoms with E-state index in [2.05, 4.69) is 26.1 Å². The topological polar surface area (TPSA) is 75.4 Å². The summed E-state index contributed by atoms with van der Waals surface area (Å²) in [5.74, 6) is 0.253. The van der Waals surface area contributed by atoms with Crippen molar-refractivity contribution in [3.05, 3.63) is 70.7 Å². The Hall–Kier alpha value is -2.53. The quantitative estimate of drug-likeness (QED) is 0.651. The largest absolute Gasteiger partial charge is 0.351 e. The number of primary amides is 1. The van der Waals surface area contributed by atoms with Crippen molar-refractivity contribution in [1.29, 1.82) is 0 Å². The molecule has 1 saturated heterocycles. The Morgan fingerprint density at radius 3 is 2.35 bits per heavy atom. The Balaban J connectivity index is 1.78. The first kappa shape index (κ1) is 23.1. The summed E-state index contributed by atoms with van der Waals surface area (Å²) in [4.78, 5) is 26.7. The van der Waals surface area contributed by atoms with Crippen LogP contribution in [0.15, 0.2) is 54.6 Å². The molecule has 0 saturated carbocycles. The smallest absolute Gasteiger partial charge is 0.315 e. The highest BCUT2D eigenvalue weighted by Gasteiger charge is 2.38. The Morgan fingerprint density at radius 1 is 1.13 bits per heavy atom. The van der Waals surface area contributed by atoms with Gasteiger partial charge in [-0.15, -0.1) is 0 Å². The maximum absolute atomic E-state index is 12.9. The number of carbonyl (C=O) groups is 2. The van der Waals surface area contributed by atoms with Gasteiger partial charge < -0.3 is 16.0 Å². The predicted octanol–water partition coefficient (Wildman–Crippen LogP) is 5.41. The number of benzene rings is 2. The molecule has 3 amide bonds. The van der Waals surface area contributed by atoms with Gasteiger partial charge in [-0.3, -0.25) is 4.79 Å². The van der Waals surface area contributed by atoms with E-state index in [-0.39, 0.29) is 29.4 Å². The molecular formula is C25H32ClN3O2. The molecule has 3 N–H and O–H groups in total. The lowest BCUT2D eigenvalue weighted by molar-refractivity contribution is 0.0619. The molecule has 0 aliphatic carbocycles. The van der Waals surface area contributed by atoms with E-state index in [0.717, 1.165) is 24.8 Å². The molecule has 0 spiro atoms. The van der Waals surface area contributed by atoms with E-state index in [1.54, 1.807) is 29.2 Å². The van der Waals surface area contributed by atoms with Crippen molar-refractivity contribution in [2.24, 2.45) is 17.1 Å². The molecule has 2 aromatic carbocycles. The van der Waals surface area contributed by atoms with Crippen molar-refractivity contribution in [2.75, 3.05) is 6.54 Å². The van der Waals surface area contributed by atoms with Crippen molar-refractivity contribution < 1.29 is 9.59 Å². The van der Waals surface area contributed by atoms with E-state index < -0.39 is 0 Å². The van der Waals surface area contributed by atoms with Gasteiger partial charge in [0.2, 0.25) is 0 Å². The lowest BCUT2D eigenvalue weighted by Gasteiger charge is -2.46. The van der Waals surface area contributed by atoms with E-state index in [9.17, 15) is 9.59 Å². The predicted molar refractivity (Wildman–Crippen MR) is 125 cm³/mol. The van der Waals surface area contributed by atoms with Crippen LogP contribution in [0.25, 0.3) is 0 Å². The van der Waals surface area contributed by atoms with Crippen LogP contribution >= 0.6 is 11.6 Å². The molecule has 1 fully saturated rings. The van der Waals surface area contributed by atoms with Crippen LogP contribution < -0.4 is 11.1 Å². The van der Waals surface area contributed by atoms with Gasteiger partial charge in [-0.05, 0) is 60.4 Å². The molecule has 3 atom stereocenters. The first-order valence-electron chi connectivity index (χ1n) is 10.8. The number of piperidine rings is 1. The number of urea groups is 1. The summed E-state index contributed by atoms with van der Waals surface area (Å²) in [7, 11) is 0. The lowest BCUT2D eigenvalue weighted by atomic mass is 9.75. The van der Waals surface area contributed by atoms with E-state index in [1.807, 2.05) is 30.3 Å². The standard InChI is InChI=1S/C25H32ClN3O2/c1-25(2,3)22-16-17(13-14-29(22)24(27)31)15-21(18-7-5-4-6-8-18)28-23(30)19-9-11-20(26)12-10-19/h4-12,17,21-22H,13-16H2,1-3H3,(H2,27,31)(H,28,30). The number of likely N-dealkylation sites (tertiary alicyclic amines) is 1. The molecule has 3 unspecified atom stereocenters. The van der Waals surface area contributed by atoms with Gasteiger partial charge in [0.15, 0.2) is 0 Å². The Labute approximate surface area is 190 Å². The zero-order chi connectivity index (χ0) is 22.6. The third-order valence-electron chi connectivity index (χ3n) is 6.18. The van der Waals surface area contributed by atoms with E-state index >= 15 is 0 Å². The van der Waals surface area contributed by atoms with Gasteiger partial charge in [-0.2, -0.15) is 0 Å². The molecule has 6 heteroatoms. The van der Waals surface area contributed by atoms with Crippen LogP contribution in [-0.4, -0.2) is 29.4 Å². The van der Waals surface area contributed by atoms with Crippen LogP contribution in [-0.2, 0) is 0 Å². The number of halogens is 1. The second kappa shape index (κ2) is 9.73. The monoisotopic (exact) mass is 441 g/mol. The Bertz CT molecular complexity index is 893. The molecule has 0 aromatic heterocycles. The zero-order valence-corrected chi connectivity index (χ0v) is 19.2. The first-order valence-corrected chi connectivity index (χ1v) is 11.2. The van der Waals surface area contributed by atoms with Crippen molar-refractivity contribution >= 4 is 23.5 Å². The first-order chi connectivity index (χ1) is 14.6.